The number of amides is 1. The lowest BCUT2D eigenvalue weighted by Gasteiger charge is -2.10. The number of nitrogens with zero attached hydrogens (tertiary/aromatic N) is 1. The van der Waals surface area contributed by atoms with Crippen LogP contribution in [-0.4, -0.2) is 17.5 Å². The number of benzene rings is 3. The van der Waals surface area contributed by atoms with Crippen molar-refractivity contribution in [2.45, 2.75) is 20.4 Å². The van der Waals surface area contributed by atoms with Crippen molar-refractivity contribution in [1.29, 1.82) is 0 Å². The summed E-state index contributed by atoms with van der Waals surface area (Å²) in [6, 6.07) is 25.6. The molecule has 5 heteroatoms. The molecular weight excluding hydrogens is 428 g/mol. The summed E-state index contributed by atoms with van der Waals surface area (Å²) >= 11 is 1.59. The van der Waals surface area contributed by atoms with Gasteiger partial charge in [0.05, 0.1) is 18.8 Å². The maximum atomic E-state index is 13.2. The van der Waals surface area contributed by atoms with Crippen LogP contribution in [0.15, 0.2) is 84.2 Å². The van der Waals surface area contributed by atoms with Crippen LogP contribution in [0.4, 0.5) is 0 Å². The Morgan fingerprint density at radius 2 is 1.73 bits per heavy atom. The summed E-state index contributed by atoms with van der Waals surface area (Å²) in [6.07, 6.45) is 1.90. The van der Waals surface area contributed by atoms with Gasteiger partial charge in [-0.3, -0.25) is 4.79 Å². The standard InChI is InChI=1S/C28H26N2O2S/c1-3-32-24-15-13-21(14-16-24)17-26(22-10-5-4-6-11-22)27(31)29-18-23-19-33-28(30-23)25-12-8-7-9-20(25)2/h4-17,19H,3,18H2,1-2H3,(H,29,31)/b26-17+. The van der Waals surface area contributed by atoms with Gasteiger partial charge in [0.25, 0.3) is 5.91 Å². The van der Waals surface area contributed by atoms with Crippen molar-refractivity contribution in [3.8, 4) is 16.3 Å². The third kappa shape index (κ3) is 5.76. The molecule has 0 atom stereocenters. The van der Waals surface area contributed by atoms with E-state index in [0.717, 1.165) is 33.1 Å². The molecule has 4 aromatic rings. The first-order valence-electron chi connectivity index (χ1n) is 10.9. The summed E-state index contributed by atoms with van der Waals surface area (Å²) in [5, 5.41) is 6.01. The lowest BCUT2D eigenvalue weighted by molar-refractivity contribution is -0.115. The van der Waals surface area contributed by atoms with Crippen molar-refractivity contribution < 1.29 is 9.53 Å². The van der Waals surface area contributed by atoms with E-state index in [9.17, 15) is 4.79 Å². The van der Waals surface area contributed by atoms with Gasteiger partial charge in [-0.2, -0.15) is 0 Å². The topological polar surface area (TPSA) is 51.2 Å². The van der Waals surface area contributed by atoms with Crippen LogP contribution in [0.5, 0.6) is 5.75 Å². The second-order valence-electron chi connectivity index (χ2n) is 7.57. The molecule has 1 heterocycles. The van der Waals surface area contributed by atoms with Crippen LogP contribution in [0, 0.1) is 6.92 Å². The van der Waals surface area contributed by atoms with Crippen LogP contribution in [0.1, 0.15) is 29.3 Å². The van der Waals surface area contributed by atoms with Gasteiger partial charge in [0.2, 0.25) is 0 Å². The summed E-state index contributed by atoms with van der Waals surface area (Å²) in [4.78, 5) is 17.9. The van der Waals surface area contributed by atoms with E-state index in [1.165, 1.54) is 5.56 Å². The fraction of sp³-hybridized carbons (Fsp3) is 0.143. The lowest BCUT2D eigenvalue weighted by Crippen LogP contribution is -2.24. The van der Waals surface area contributed by atoms with Crippen LogP contribution in [0.25, 0.3) is 22.2 Å². The molecule has 0 aliphatic heterocycles. The van der Waals surface area contributed by atoms with Crippen molar-refractivity contribution in [3.05, 3.63) is 107 Å². The van der Waals surface area contributed by atoms with E-state index in [4.69, 9.17) is 9.72 Å². The van der Waals surface area contributed by atoms with Crippen molar-refractivity contribution in [2.75, 3.05) is 6.61 Å². The van der Waals surface area contributed by atoms with Gasteiger partial charge in [-0.25, -0.2) is 4.98 Å². The number of aromatic nitrogens is 1. The molecule has 0 unspecified atom stereocenters. The molecule has 0 saturated heterocycles. The molecule has 4 rings (SSSR count). The third-order valence-electron chi connectivity index (χ3n) is 5.19. The SMILES string of the molecule is CCOc1ccc(/C=C(/C(=O)NCc2csc(-c3ccccc3C)n2)c2ccccc2)cc1. The largest absolute Gasteiger partial charge is 0.494 e. The predicted octanol–water partition coefficient (Wildman–Crippen LogP) is 6.37. The Kier molecular flexibility index (Phi) is 7.33. The molecular formula is C28H26N2O2S. The highest BCUT2D eigenvalue weighted by Crippen LogP contribution is 2.27. The molecule has 3 aromatic carbocycles. The fourth-order valence-electron chi connectivity index (χ4n) is 3.48. The van der Waals surface area contributed by atoms with Crippen molar-refractivity contribution in [2.24, 2.45) is 0 Å². The van der Waals surface area contributed by atoms with E-state index in [-0.39, 0.29) is 5.91 Å². The smallest absolute Gasteiger partial charge is 0.252 e. The molecule has 0 fully saturated rings. The van der Waals surface area contributed by atoms with Crippen LogP contribution >= 0.6 is 11.3 Å². The summed E-state index contributed by atoms with van der Waals surface area (Å²) in [5.74, 6) is 0.675. The average Bonchev–Trinajstić information content (AvgIpc) is 3.32. The summed E-state index contributed by atoms with van der Waals surface area (Å²) < 4.78 is 5.52. The lowest BCUT2D eigenvalue weighted by atomic mass is 10.0. The number of nitrogens with one attached hydrogen (secondary N) is 1. The molecule has 1 N–H and O–H groups in total. The van der Waals surface area contributed by atoms with Gasteiger partial charge in [-0.1, -0.05) is 66.7 Å². The summed E-state index contributed by atoms with van der Waals surface area (Å²) in [7, 11) is 0. The minimum Gasteiger partial charge on any atom is -0.494 e. The minimum absolute atomic E-state index is 0.138. The van der Waals surface area contributed by atoms with Crippen molar-refractivity contribution in [3.63, 3.8) is 0 Å². The zero-order valence-corrected chi connectivity index (χ0v) is 19.6. The van der Waals surface area contributed by atoms with E-state index >= 15 is 0 Å². The maximum absolute atomic E-state index is 13.2. The number of hydrogen-bond donors (Lipinski definition) is 1. The third-order valence-corrected chi connectivity index (χ3v) is 6.11. The first kappa shape index (κ1) is 22.5. The summed E-state index contributed by atoms with van der Waals surface area (Å²) in [6.45, 7) is 5.03. The molecule has 166 valence electrons. The van der Waals surface area contributed by atoms with Crippen molar-refractivity contribution >= 4 is 28.9 Å². The fourth-order valence-corrected chi connectivity index (χ4v) is 4.39. The van der Waals surface area contributed by atoms with E-state index in [1.807, 2.05) is 85.1 Å². The van der Waals surface area contributed by atoms with Crippen LogP contribution < -0.4 is 10.1 Å². The van der Waals surface area contributed by atoms with Crippen molar-refractivity contribution in [1.82, 2.24) is 10.3 Å². The van der Waals surface area contributed by atoms with Crippen LogP contribution in [-0.2, 0) is 11.3 Å². The average molecular weight is 455 g/mol. The molecule has 1 amide bonds. The Bertz CT molecular complexity index is 1240. The molecule has 0 spiro atoms. The zero-order chi connectivity index (χ0) is 23.0. The molecule has 0 aliphatic carbocycles. The molecule has 33 heavy (non-hydrogen) atoms. The molecule has 0 bridgehead atoms. The number of ether oxygens (including phenoxy) is 1. The second-order valence-corrected chi connectivity index (χ2v) is 8.43. The van der Waals surface area contributed by atoms with Gasteiger partial charge in [-0.15, -0.1) is 11.3 Å². The number of aryl methyl sites for hydroxylation is 1. The Morgan fingerprint density at radius 1 is 1.00 bits per heavy atom. The van der Waals surface area contributed by atoms with Gasteiger partial charge in [-0.05, 0) is 48.7 Å². The van der Waals surface area contributed by atoms with Gasteiger partial charge in [0, 0.05) is 16.5 Å². The quantitative estimate of drug-likeness (QED) is 0.248. The Hall–Kier alpha value is -3.70. The molecule has 0 saturated carbocycles. The van der Waals surface area contributed by atoms with E-state index in [2.05, 4.69) is 24.4 Å². The Morgan fingerprint density at radius 3 is 2.45 bits per heavy atom. The maximum Gasteiger partial charge on any atom is 0.252 e. The minimum atomic E-state index is -0.138. The molecule has 0 aliphatic rings. The number of carbonyl (C=O) groups is 1. The van der Waals surface area contributed by atoms with E-state index in [0.29, 0.717) is 18.7 Å². The number of carbonyl (C=O) groups excluding carboxylic acids is 1. The van der Waals surface area contributed by atoms with Gasteiger partial charge in [0.1, 0.15) is 10.8 Å². The highest BCUT2D eigenvalue weighted by molar-refractivity contribution is 7.13. The van der Waals surface area contributed by atoms with Crippen LogP contribution in [0.3, 0.4) is 0 Å². The first-order valence-corrected chi connectivity index (χ1v) is 11.8. The van der Waals surface area contributed by atoms with Gasteiger partial charge in [0.15, 0.2) is 0 Å². The number of hydrogen-bond acceptors (Lipinski definition) is 4. The van der Waals surface area contributed by atoms with E-state index < -0.39 is 0 Å². The van der Waals surface area contributed by atoms with Gasteiger partial charge >= 0.3 is 0 Å². The van der Waals surface area contributed by atoms with Crippen LogP contribution in [0.2, 0.25) is 0 Å². The predicted molar refractivity (Wildman–Crippen MR) is 136 cm³/mol. The van der Waals surface area contributed by atoms with E-state index in [1.54, 1.807) is 11.3 Å². The normalized spacial score (nSPS) is 11.3. The molecule has 0 radical (unpaired) electrons. The number of thiazole rings is 1. The summed E-state index contributed by atoms with van der Waals surface area (Å²) in [5.41, 5.74) is 5.56. The highest BCUT2D eigenvalue weighted by Gasteiger charge is 2.13. The first-order chi connectivity index (χ1) is 16.1. The van der Waals surface area contributed by atoms with Gasteiger partial charge < -0.3 is 10.1 Å². The molecule has 4 nitrogen and oxygen atoms in total. The Labute approximate surface area is 198 Å². The monoisotopic (exact) mass is 454 g/mol. The Balaban J connectivity index is 1.52. The highest BCUT2D eigenvalue weighted by atomic mass is 32.1. The zero-order valence-electron chi connectivity index (χ0n) is 18.7. The number of rotatable bonds is 8. The second kappa shape index (κ2) is 10.7. The molecule has 1 aromatic heterocycles.